The third-order valence-electron chi connectivity index (χ3n) is 3.85. The van der Waals surface area contributed by atoms with E-state index in [1.165, 1.54) is 0 Å². The van der Waals surface area contributed by atoms with Crippen molar-refractivity contribution >= 4 is 40.5 Å². The van der Waals surface area contributed by atoms with Crippen molar-refractivity contribution in [3.05, 3.63) is 48.5 Å². The van der Waals surface area contributed by atoms with Gasteiger partial charge in [0.25, 0.3) is 0 Å². The van der Waals surface area contributed by atoms with Gasteiger partial charge in [0, 0.05) is 35.6 Å². The van der Waals surface area contributed by atoms with Crippen molar-refractivity contribution in [1.82, 2.24) is 0 Å². The van der Waals surface area contributed by atoms with Gasteiger partial charge in [-0.3, -0.25) is 14.4 Å². The summed E-state index contributed by atoms with van der Waals surface area (Å²) in [5.74, 6) is -0.306. The Balaban J connectivity index is 1.84. The number of hydrogen-bond acceptors (Lipinski definition) is 4. The Morgan fingerprint density at radius 2 is 1.29 bits per heavy atom. The lowest BCUT2D eigenvalue weighted by molar-refractivity contribution is -0.116. The van der Waals surface area contributed by atoms with Crippen LogP contribution in [0.3, 0.4) is 0 Å². The van der Waals surface area contributed by atoms with Crippen LogP contribution in [0.4, 0.5) is 22.7 Å². The Bertz CT molecular complexity index is 819. The number of carbonyl (C=O) groups excluding carboxylic acids is 3. The fraction of sp³-hybridized carbons (Fsp3) is 0.286. The summed E-state index contributed by atoms with van der Waals surface area (Å²) in [5, 5.41) is 11.4. The number of rotatable bonds is 9. The maximum Gasteiger partial charge on any atom is 0.243 e. The molecule has 0 aromatic heterocycles. The lowest BCUT2D eigenvalue weighted by Gasteiger charge is -2.10. The van der Waals surface area contributed by atoms with Crippen LogP contribution < -0.4 is 21.3 Å². The van der Waals surface area contributed by atoms with Gasteiger partial charge >= 0.3 is 0 Å². The molecule has 0 bridgehead atoms. The molecule has 4 N–H and O–H groups in total. The fourth-order valence-corrected chi connectivity index (χ4v) is 2.43. The second kappa shape index (κ2) is 10.7. The molecule has 7 nitrogen and oxygen atoms in total. The van der Waals surface area contributed by atoms with Crippen LogP contribution in [0.15, 0.2) is 48.5 Å². The van der Waals surface area contributed by atoms with Gasteiger partial charge in [-0.2, -0.15) is 0 Å². The Labute approximate surface area is 164 Å². The summed E-state index contributed by atoms with van der Waals surface area (Å²) in [7, 11) is 0. The number of anilines is 4. The number of hydrogen-bond donors (Lipinski definition) is 4. The van der Waals surface area contributed by atoms with Crippen molar-refractivity contribution < 1.29 is 14.4 Å². The van der Waals surface area contributed by atoms with Gasteiger partial charge in [-0.15, -0.1) is 0 Å². The topological polar surface area (TPSA) is 99.3 Å². The maximum absolute atomic E-state index is 12.2. The number of nitrogens with one attached hydrogen (secondary N) is 4. The molecule has 2 aromatic rings. The van der Waals surface area contributed by atoms with Crippen LogP contribution in [0, 0.1) is 0 Å². The number of amides is 3. The minimum absolute atomic E-state index is 0.0480. The van der Waals surface area contributed by atoms with E-state index in [4.69, 9.17) is 0 Å². The zero-order valence-electron chi connectivity index (χ0n) is 16.2. The Morgan fingerprint density at radius 3 is 1.89 bits per heavy atom. The van der Waals surface area contributed by atoms with E-state index in [2.05, 4.69) is 21.3 Å². The molecule has 0 aliphatic rings. The largest absolute Gasteiger partial charge is 0.376 e. The lowest BCUT2D eigenvalue weighted by Crippen LogP contribution is -2.21. The number of carbonyl (C=O) groups is 3. The lowest BCUT2D eigenvalue weighted by atomic mass is 10.2. The Morgan fingerprint density at radius 1 is 0.714 bits per heavy atom. The monoisotopic (exact) mass is 382 g/mol. The second-order valence-corrected chi connectivity index (χ2v) is 6.26. The van der Waals surface area contributed by atoms with Crippen LogP contribution in [0.25, 0.3) is 0 Å². The average molecular weight is 382 g/mol. The maximum atomic E-state index is 12.2. The third kappa shape index (κ3) is 7.11. The summed E-state index contributed by atoms with van der Waals surface area (Å²) >= 11 is 0. The summed E-state index contributed by atoms with van der Waals surface area (Å²) in [6.45, 7) is 3.82. The normalized spacial score (nSPS) is 10.1. The summed E-state index contributed by atoms with van der Waals surface area (Å²) in [4.78, 5) is 35.2. The minimum atomic E-state index is -0.208. The zero-order chi connectivity index (χ0) is 20.4. The van der Waals surface area contributed by atoms with Gasteiger partial charge < -0.3 is 21.3 Å². The first-order chi connectivity index (χ1) is 13.5. The van der Waals surface area contributed by atoms with Crippen molar-refractivity contribution in [3.63, 3.8) is 0 Å². The second-order valence-electron chi connectivity index (χ2n) is 6.26. The van der Waals surface area contributed by atoms with Crippen LogP contribution in [0.2, 0.25) is 0 Å². The molecule has 0 heterocycles. The van der Waals surface area contributed by atoms with E-state index < -0.39 is 0 Å². The van der Waals surface area contributed by atoms with Crippen molar-refractivity contribution in [3.8, 4) is 0 Å². The Kier molecular flexibility index (Phi) is 8.02. The van der Waals surface area contributed by atoms with Crippen LogP contribution >= 0.6 is 0 Å². The van der Waals surface area contributed by atoms with Gasteiger partial charge in [-0.05, 0) is 48.9 Å². The van der Waals surface area contributed by atoms with Gasteiger partial charge in [-0.25, -0.2) is 0 Å². The molecule has 0 saturated heterocycles. The molecule has 2 aromatic carbocycles. The molecule has 2 rings (SSSR count). The molecular formula is C21H26N4O3. The molecule has 0 unspecified atom stereocenters. The quantitative estimate of drug-likeness (QED) is 0.530. The van der Waals surface area contributed by atoms with Crippen LogP contribution in [0.1, 0.15) is 33.1 Å². The van der Waals surface area contributed by atoms with E-state index in [9.17, 15) is 14.4 Å². The fourth-order valence-electron chi connectivity index (χ4n) is 2.43. The smallest absolute Gasteiger partial charge is 0.243 e. The van der Waals surface area contributed by atoms with E-state index in [0.717, 1.165) is 12.1 Å². The van der Waals surface area contributed by atoms with E-state index in [0.29, 0.717) is 29.9 Å². The predicted octanol–water partition coefficient (Wildman–Crippen LogP) is 3.82. The van der Waals surface area contributed by atoms with E-state index in [1.54, 1.807) is 55.5 Å². The van der Waals surface area contributed by atoms with Gasteiger partial charge in [0.15, 0.2) is 0 Å². The predicted molar refractivity (Wildman–Crippen MR) is 112 cm³/mol. The highest BCUT2D eigenvalue weighted by molar-refractivity contribution is 5.96. The third-order valence-corrected chi connectivity index (χ3v) is 3.85. The van der Waals surface area contributed by atoms with Crippen molar-refractivity contribution in [1.29, 1.82) is 0 Å². The first kappa shape index (κ1) is 21.0. The van der Waals surface area contributed by atoms with Crippen LogP contribution in [-0.2, 0) is 14.4 Å². The minimum Gasteiger partial charge on any atom is -0.376 e. The molecule has 0 radical (unpaired) electrons. The van der Waals surface area contributed by atoms with Crippen LogP contribution in [0.5, 0.6) is 0 Å². The molecule has 0 spiro atoms. The summed E-state index contributed by atoms with van der Waals surface area (Å²) in [6.07, 6.45) is 1.66. The number of benzene rings is 2. The van der Waals surface area contributed by atoms with Crippen molar-refractivity contribution in [2.24, 2.45) is 0 Å². The summed E-state index contributed by atoms with van der Waals surface area (Å²) in [5.41, 5.74) is 2.74. The highest BCUT2D eigenvalue weighted by atomic mass is 16.2. The molecule has 0 atom stereocenters. The van der Waals surface area contributed by atoms with E-state index in [-0.39, 0.29) is 24.3 Å². The van der Waals surface area contributed by atoms with E-state index in [1.807, 2.05) is 6.92 Å². The average Bonchev–Trinajstić information content (AvgIpc) is 2.68. The van der Waals surface area contributed by atoms with Crippen molar-refractivity contribution in [2.45, 2.75) is 33.1 Å². The summed E-state index contributed by atoms with van der Waals surface area (Å²) < 4.78 is 0. The van der Waals surface area contributed by atoms with Gasteiger partial charge in [0.1, 0.15) is 0 Å². The molecule has 0 fully saturated rings. The molecule has 3 amide bonds. The standard InChI is InChI=1S/C21H26N4O3/c1-3-6-20(27)24-17-7-5-8-18(13-17)25-21(28)14-22-15-9-11-16(12-10-15)23-19(26)4-2/h5,7-13,22H,3-4,6,14H2,1-2H3,(H,23,26)(H,24,27)(H,25,28). The van der Waals surface area contributed by atoms with Gasteiger partial charge in [0.05, 0.1) is 6.54 Å². The molecule has 28 heavy (non-hydrogen) atoms. The molecule has 0 saturated carbocycles. The van der Waals surface area contributed by atoms with Gasteiger partial charge in [-0.1, -0.05) is 19.9 Å². The Hall–Kier alpha value is -3.35. The van der Waals surface area contributed by atoms with Crippen LogP contribution in [-0.4, -0.2) is 24.3 Å². The first-order valence-corrected chi connectivity index (χ1v) is 9.33. The highest BCUT2D eigenvalue weighted by Gasteiger charge is 2.05. The van der Waals surface area contributed by atoms with E-state index >= 15 is 0 Å². The zero-order valence-corrected chi connectivity index (χ0v) is 16.2. The molecular weight excluding hydrogens is 356 g/mol. The summed E-state index contributed by atoms with van der Waals surface area (Å²) in [6, 6.07) is 14.2. The highest BCUT2D eigenvalue weighted by Crippen LogP contribution is 2.16. The first-order valence-electron chi connectivity index (χ1n) is 9.33. The molecule has 0 aliphatic carbocycles. The van der Waals surface area contributed by atoms with Gasteiger partial charge in [0.2, 0.25) is 17.7 Å². The molecule has 7 heteroatoms. The molecule has 148 valence electrons. The molecule has 0 aliphatic heterocycles. The SMILES string of the molecule is CCCC(=O)Nc1cccc(NC(=O)CNc2ccc(NC(=O)CC)cc2)c1. The van der Waals surface area contributed by atoms with Crippen molar-refractivity contribution in [2.75, 3.05) is 27.8 Å².